The SMILES string of the molecule is [c]1c[nH]c2ccc(OCCN3CCCCC3)cc12. The lowest BCUT2D eigenvalue weighted by molar-refractivity contribution is 0.183. The second kappa shape index (κ2) is 5.44. The summed E-state index contributed by atoms with van der Waals surface area (Å²) < 4.78 is 5.81. The molecule has 1 aliphatic rings. The highest BCUT2D eigenvalue weighted by atomic mass is 16.5. The molecule has 1 radical (unpaired) electrons. The van der Waals surface area contributed by atoms with Crippen molar-refractivity contribution in [1.29, 1.82) is 0 Å². The number of nitrogens with one attached hydrogen (secondary N) is 1. The Kier molecular flexibility index (Phi) is 3.51. The molecule has 1 aromatic heterocycles. The maximum atomic E-state index is 5.81. The molecule has 0 spiro atoms. The Hall–Kier alpha value is -1.48. The standard InChI is InChI=1S/C15H19N2O/c1-2-8-17(9-3-1)10-11-18-14-4-5-15-13(12-14)6-7-16-15/h4-5,7,12,16H,1-3,8-11H2. The van der Waals surface area contributed by atoms with Crippen LogP contribution < -0.4 is 4.74 Å². The molecule has 95 valence electrons. The van der Waals surface area contributed by atoms with Gasteiger partial charge in [-0.05, 0) is 44.1 Å². The van der Waals surface area contributed by atoms with E-state index in [1.807, 2.05) is 24.4 Å². The van der Waals surface area contributed by atoms with Gasteiger partial charge in [0.05, 0.1) is 0 Å². The van der Waals surface area contributed by atoms with E-state index in [4.69, 9.17) is 4.74 Å². The van der Waals surface area contributed by atoms with Crippen molar-refractivity contribution in [2.75, 3.05) is 26.2 Å². The number of hydrogen-bond donors (Lipinski definition) is 1. The second-order valence-corrected chi connectivity index (χ2v) is 4.89. The van der Waals surface area contributed by atoms with Crippen molar-refractivity contribution in [3.8, 4) is 5.75 Å². The smallest absolute Gasteiger partial charge is 0.120 e. The van der Waals surface area contributed by atoms with Crippen LogP contribution in [0.25, 0.3) is 10.9 Å². The minimum Gasteiger partial charge on any atom is -0.492 e. The molecule has 0 saturated carbocycles. The van der Waals surface area contributed by atoms with Crippen molar-refractivity contribution >= 4 is 10.9 Å². The molecule has 18 heavy (non-hydrogen) atoms. The summed E-state index contributed by atoms with van der Waals surface area (Å²) in [6, 6.07) is 9.26. The van der Waals surface area contributed by atoms with Gasteiger partial charge < -0.3 is 9.72 Å². The van der Waals surface area contributed by atoms with Crippen LogP contribution in [0.1, 0.15) is 19.3 Å². The first kappa shape index (κ1) is 11.6. The summed E-state index contributed by atoms with van der Waals surface area (Å²) in [5.74, 6) is 0.940. The molecule has 2 heterocycles. The molecule has 0 bridgehead atoms. The predicted molar refractivity (Wildman–Crippen MR) is 72.9 cm³/mol. The summed E-state index contributed by atoms with van der Waals surface area (Å²) in [7, 11) is 0. The van der Waals surface area contributed by atoms with Crippen molar-refractivity contribution in [1.82, 2.24) is 9.88 Å². The maximum absolute atomic E-state index is 5.81. The summed E-state index contributed by atoms with van der Waals surface area (Å²) >= 11 is 0. The molecule has 2 aromatic rings. The van der Waals surface area contributed by atoms with E-state index in [9.17, 15) is 0 Å². The minimum atomic E-state index is 0.774. The molecule has 3 heteroatoms. The first-order valence-corrected chi connectivity index (χ1v) is 6.76. The molecule has 1 N–H and O–H groups in total. The monoisotopic (exact) mass is 243 g/mol. The Bertz CT molecular complexity index is 500. The third-order valence-electron chi connectivity index (χ3n) is 3.57. The lowest BCUT2D eigenvalue weighted by Gasteiger charge is -2.26. The summed E-state index contributed by atoms with van der Waals surface area (Å²) in [6.45, 7) is 4.27. The highest BCUT2D eigenvalue weighted by Crippen LogP contribution is 2.19. The average molecular weight is 243 g/mol. The molecular weight excluding hydrogens is 224 g/mol. The van der Waals surface area contributed by atoms with Gasteiger partial charge in [-0.1, -0.05) is 6.42 Å². The highest BCUT2D eigenvalue weighted by molar-refractivity contribution is 5.80. The van der Waals surface area contributed by atoms with Crippen LogP contribution in [0.2, 0.25) is 0 Å². The third-order valence-corrected chi connectivity index (χ3v) is 3.57. The number of aromatic nitrogens is 1. The van der Waals surface area contributed by atoms with Gasteiger partial charge >= 0.3 is 0 Å². The van der Waals surface area contributed by atoms with Gasteiger partial charge in [0.2, 0.25) is 0 Å². The van der Waals surface area contributed by atoms with Crippen LogP contribution in [0.5, 0.6) is 5.75 Å². The fourth-order valence-electron chi connectivity index (χ4n) is 2.53. The number of piperidine rings is 1. The van der Waals surface area contributed by atoms with Gasteiger partial charge in [0.15, 0.2) is 0 Å². The Morgan fingerprint density at radius 2 is 2.11 bits per heavy atom. The predicted octanol–water partition coefficient (Wildman–Crippen LogP) is 2.83. The third kappa shape index (κ3) is 2.67. The summed E-state index contributed by atoms with van der Waals surface area (Å²) in [5, 5.41) is 1.09. The number of aromatic amines is 1. The van der Waals surface area contributed by atoms with Crippen LogP contribution in [-0.2, 0) is 0 Å². The molecular formula is C15H19N2O. The Balaban J connectivity index is 1.52. The molecule has 0 amide bonds. The first-order chi connectivity index (χ1) is 8.92. The Morgan fingerprint density at radius 1 is 1.22 bits per heavy atom. The van der Waals surface area contributed by atoms with E-state index in [1.165, 1.54) is 32.4 Å². The van der Waals surface area contributed by atoms with E-state index in [0.717, 1.165) is 29.8 Å². The molecule has 3 rings (SSSR count). The fraction of sp³-hybridized carbons (Fsp3) is 0.467. The minimum absolute atomic E-state index is 0.774. The molecule has 0 atom stereocenters. The fourth-order valence-corrected chi connectivity index (χ4v) is 2.53. The van der Waals surface area contributed by atoms with Gasteiger partial charge in [0, 0.05) is 29.7 Å². The zero-order valence-electron chi connectivity index (χ0n) is 10.6. The van der Waals surface area contributed by atoms with E-state index in [2.05, 4.69) is 16.0 Å². The molecule has 1 saturated heterocycles. The van der Waals surface area contributed by atoms with Gasteiger partial charge in [0.1, 0.15) is 12.4 Å². The largest absolute Gasteiger partial charge is 0.492 e. The van der Waals surface area contributed by atoms with Crippen molar-refractivity contribution in [3.05, 3.63) is 30.5 Å². The quantitative estimate of drug-likeness (QED) is 0.894. The molecule has 3 nitrogen and oxygen atoms in total. The van der Waals surface area contributed by atoms with Crippen LogP contribution in [0.3, 0.4) is 0 Å². The van der Waals surface area contributed by atoms with Crippen molar-refractivity contribution in [3.63, 3.8) is 0 Å². The topological polar surface area (TPSA) is 28.3 Å². The zero-order chi connectivity index (χ0) is 12.2. The van der Waals surface area contributed by atoms with Crippen molar-refractivity contribution in [2.45, 2.75) is 19.3 Å². The number of rotatable bonds is 4. The van der Waals surface area contributed by atoms with E-state index < -0.39 is 0 Å². The van der Waals surface area contributed by atoms with Crippen LogP contribution in [0.15, 0.2) is 24.4 Å². The van der Waals surface area contributed by atoms with Gasteiger partial charge in [-0.2, -0.15) is 0 Å². The number of fused-ring (bicyclic) bond motifs is 1. The van der Waals surface area contributed by atoms with Crippen LogP contribution in [0.4, 0.5) is 0 Å². The number of H-pyrrole nitrogens is 1. The van der Waals surface area contributed by atoms with Crippen molar-refractivity contribution in [2.24, 2.45) is 0 Å². The van der Waals surface area contributed by atoms with Crippen LogP contribution >= 0.6 is 0 Å². The number of hydrogen-bond acceptors (Lipinski definition) is 2. The molecule has 1 fully saturated rings. The number of likely N-dealkylation sites (tertiary alicyclic amines) is 1. The number of benzene rings is 1. The molecule has 1 aliphatic heterocycles. The van der Waals surface area contributed by atoms with Crippen molar-refractivity contribution < 1.29 is 4.74 Å². The highest BCUT2D eigenvalue weighted by Gasteiger charge is 2.09. The Morgan fingerprint density at radius 3 is 3.00 bits per heavy atom. The first-order valence-electron chi connectivity index (χ1n) is 6.76. The zero-order valence-corrected chi connectivity index (χ0v) is 10.6. The molecule has 0 aliphatic carbocycles. The lowest BCUT2D eigenvalue weighted by atomic mass is 10.1. The van der Waals surface area contributed by atoms with Gasteiger partial charge in [0.25, 0.3) is 0 Å². The van der Waals surface area contributed by atoms with Gasteiger partial charge in [-0.15, -0.1) is 0 Å². The van der Waals surface area contributed by atoms with E-state index in [-0.39, 0.29) is 0 Å². The summed E-state index contributed by atoms with van der Waals surface area (Å²) in [6.07, 6.45) is 5.90. The average Bonchev–Trinajstić information content (AvgIpc) is 2.87. The van der Waals surface area contributed by atoms with Gasteiger partial charge in [-0.3, -0.25) is 4.90 Å². The van der Waals surface area contributed by atoms with Gasteiger partial charge in [-0.25, -0.2) is 0 Å². The van der Waals surface area contributed by atoms with E-state index in [0.29, 0.717) is 0 Å². The summed E-state index contributed by atoms with van der Waals surface area (Å²) in [4.78, 5) is 5.63. The molecule has 0 unspecified atom stereocenters. The maximum Gasteiger partial charge on any atom is 0.120 e. The molecule has 1 aromatic carbocycles. The number of ether oxygens (including phenoxy) is 1. The van der Waals surface area contributed by atoms with Crippen LogP contribution in [-0.4, -0.2) is 36.1 Å². The Labute approximate surface area is 108 Å². The van der Waals surface area contributed by atoms with Crippen LogP contribution in [0, 0.1) is 6.07 Å². The van der Waals surface area contributed by atoms with E-state index >= 15 is 0 Å². The van der Waals surface area contributed by atoms with E-state index in [1.54, 1.807) is 0 Å². The lowest BCUT2D eigenvalue weighted by Crippen LogP contribution is -2.33. The summed E-state index contributed by atoms with van der Waals surface area (Å²) in [5.41, 5.74) is 1.11. The second-order valence-electron chi connectivity index (χ2n) is 4.89. The number of nitrogens with zero attached hydrogens (tertiary/aromatic N) is 1. The normalized spacial score (nSPS) is 17.1.